The Balaban J connectivity index is 2.22. The van der Waals surface area contributed by atoms with Gasteiger partial charge in [-0.1, -0.05) is 12.1 Å². The highest BCUT2D eigenvalue weighted by atomic mass is 19.1. The van der Waals surface area contributed by atoms with Crippen LogP contribution in [0, 0.1) is 5.82 Å². The number of rotatable bonds is 7. The molecule has 2 aromatic rings. The molecule has 1 amide bonds. The molecule has 8 heteroatoms. The van der Waals surface area contributed by atoms with Gasteiger partial charge in [0.15, 0.2) is 5.69 Å². The first-order valence-corrected chi connectivity index (χ1v) is 6.83. The fraction of sp³-hybridized carbons (Fsp3) is 0.267. The number of hydrogen-bond donors (Lipinski definition) is 1. The number of methoxy groups -OCH3 is 1. The van der Waals surface area contributed by atoms with E-state index in [1.165, 1.54) is 36.2 Å². The smallest absolute Gasteiger partial charge is 0.323 e. The summed E-state index contributed by atoms with van der Waals surface area (Å²) in [4.78, 5) is 24.3. The topological polar surface area (TPSA) is 84.7 Å². The van der Waals surface area contributed by atoms with E-state index in [1.807, 2.05) is 0 Å². The van der Waals surface area contributed by atoms with Crippen molar-refractivity contribution < 1.29 is 23.8 Å². The molecule has 0 aliphatic carbocycles. The van der Waals surface area contributed by atoms with Gasteiger partial charge in [-0.15, -0.1) is 0 Å². The molecule has 2 rings (SSSR count). The van der Waals surface area contributed by atoms with E-state index in [-0.39, 0.29) is 24.5 Å². The molecule has 7 nitrogen and oxygen atoms in total. The van der Waals surface area contributed by atoms with Crippen LogP contribution in [0.25, 0.3) is 5.69 Å². The third-order valence-electron chi connectivity index (χ3n) is 3.09. The SMILES string of the molecule is COCCN(CC(=O)O)C(=O)c1ccn(-c2ccccc2F)n1. The number of carboxylic acids is 1. The predicted octanol–water partition coefficient (Wildman–Crippen LogP) is 1.18. The van der Waals surface area contributed by atoms with Crippen LogP contribution in [0.5, 0.6) is 0 Å². The maximum absolute atomic E-state index is 13.7. The lowest BCUT2D eigenvalue weighted by Gasteiger charge is -2.18. The second kappa shape index (κ2) is 7.50. The fourth-order valence-corrected chi connectivity index (χ4v) is 1.99. The third kappa shape index (κ3) is 4.13. The molecule has 0 saturated carbocycles. The standard InChI is InChI=1S/C15H16FN3O4/c1-23-9-8-18(10-14(20)21)15(22)12-6-7-19(17-12)13-5-3-2-4-11(13)16/h2-7H,8-10H2,1H3,(H,20,21). The summed E-state index contributed by atoms with van der Waals surface area (Å²) >= 11 is 0. The van der Waals surface area contributed by atoms with Gasteiger partial charge in [-0.05, 0) is 18.2 Å². The average Bonchev–Trinajstić information content (AvgIpc) is 3.00. The molecule has 1 N–H and O–H groups in total. The second-order valence-electron chi connectivity index (χ2n) is 4.71. The van der Waals surface area contributed by atoms with Crippen LogP contribution in [0.3, 0.4) is 0 Å². The van der Waals surface area contributed by atoms with Crippen molar-refractivity contribution in [2.24, 2.45) is 0 Å². The van der Waals surface area contributed by atoms with Crippen LogP contribution in [0.1, 0.15) is 10.5 Å². The first-order valence-electron chi connectivity index (χ1n) is 6.83. The van der Waals surface area contributed by atoms with Gasteiger partial charge in [-0.3, -0.25) is 9.59 Å². The van der Waals surface area contributed by atoms with E-state index in [0.29, 0.717) is 0 Å². The minimum atomic E-state index is -1.14. The lowest BCUT2D eigenvalue weighted by Crippen LogP contribution is -2.38. The highest BCUT2D eigenvalue weighted by Crippen LogP contribution is 2.13. The fourth-order valence-electron chi connectivity index (χ4n) is 1.99. The Morgan fingerprint density at radius 3 is 2.74 bits per heavy atom. The van der Waals surface area contributed by atoms with Crippen LogP contribution in [-0.2, 0) is 9.53 Å². The number of hydrogen-bond acceptors (Lipinski definition) is 4. The number of ether oxygens (including phenoxy) is 1. The van der Waals surface area contributed by atoms with E-state index < -0.39 is 24.2 Å². The van der Waals surface area contributed by atoms with Crippen molar-refractivity contribution in [1.82, 2.24) is 14.7 Å². The molecule has 0 fully saturated rings. The van der Waals surface area contributed by atoms with Crippen molar-refractivity contribution in [2.75, 3.05) is 26.8 Å². The van der Waals surface area contributed by atoms with Crippen LogP contribution in [0.2, 0.25) is 0 Å². The summed E-state index contributed by atoms with van der Waals surface area (Å²) in [5, 5.41) is 12.9. The number of carbonyl (C=O) groups is 2. The normalized spacial score (nSPS) is 10.5. The Hall–Kier alpha value is -2.74. The summed E-state index contributed by atoms with van der Waals surface area (Å²) in [6.45, 7) is -0.143. The Kier molecular flexibility index (Phi) is 5.42. The number of aliphatic carboxylic acids is 1. The number of benzene rings is 1. The first-order chi connectivity index (χ1) is 11.0. The van der Waals surface area contributed by atoms with Crippen molar-refractivity contribution in [2.45, 2.75) is 0 Å². The molecular formula is C15H16FN3O4. The minimum absolute atomic E-state index is 0.0330. The highest BCUT2D eigenvalue weighted by Gasteiger charge is 2.21. The molecule has 122 valence electrons. The van der Waals surface area contributed by atoms with Crippen LogP contribution < -0.4 is 0 Å². The number of amides is 1. The number of carboxylic acid groups (broad SMARTS) is 1. The molecule has 0 unspecified atom stereocenters. The molecule has 1 heterocycles. The molecule has 0 aliphatic heterocycles. The Labute approximate surface area is 131 Å². The van der Waals surface area contributed by atoms with Crippen molar-refractivity contribution in [1.29, 1.82) is 0 Å². The van der Waals surface area contributed by atoms with Gasteiger partial charge in [0.1, 0.15) is 18.0 Å². The molecule has 0 radical (unpaired) electrons. The maximum Gasteiger partial charge on any atom is 0.323 e. The van der Waals surface area contributed by atoms with E-state index in [4.69, 9.17) is 9.84 Å². The molecule has 0 saturated heterocycles. The van der Waals surface area contributed by atoms with Crippen molar-refractivity contribution in [3.05, 3.63) is 48.0 Å². The van der Waals surface area contributed by atoms with Gasteiger partial charge >= 0.3 is 5.97 Å². The van der Waals surface area contributed by atoms with E-state index in [9.17, 15) is 14.0 Å². The number of nitrogens with zero attached hydrogens (tertiary/aromatic N) is 3. The zero-order valence-electron chi connectivity index (χ0n) is 12.5. The zero-order chi connectivity index (χ0) is 16.8. The second-order valence-corrected chi connectivity index (χ2v) is 4.71. The van der Waals surface area contributed by atoms with Gasteiger partial charge < -0.3 is 14.7 Å². The highest BCUT2D eigenvalue weighted by molar-refractivity contribution is 5.94. The predicted molar refractivity (Wildman–Crippen MR) is 78.9 cm³/mol. The minimum Gasteiger partial charge on any atom is -0.480 e. The molecule has 0 atom stereocenters. The number of aromatic nitrogens is 2. The van der Waals surface area contributed by atoms with Crippen LogP contribution >= 0.6 is 0 Å². The van der Waals surface area contributed by atoms with Gasteiger partial charge in [0, 0.05) is 19.9 Å². The lowest BCUT2D eigenvalue weighted by molar-refractivity contribution is -0.137. The summed E-state index contributed by atoms with van der Waals surface area (Å²) < 4.78 is 19.8. The molecule has 1 aromatic carbocycles. The molecular weight excluding hydrogens is 305 g/mol. The van der Waals surface area contributed by atoms with Crippen LogP contribution in [0.4, 0.5) is 4.39 Å². The monoisotopic (exact) mass is 321 g/mol. The Morgan fingerprint density at radius 2 is 2.09 bits per heavy atom. The molecule has 0 aliphatic rings. The first kappa shape index (κ1) is 16.6. The van der Waals surface area contributed by atoms with Gasteiger partial charge in [0.05, 0.1) is 6.61 Å². The van der Waals surface area contributed by atoms with Crippen molar-refractivity contribution >= 4 is 11.9 Å². The van der Waals surface area contributed by atoms with E-state index in [0.717, 1.165) is 4.90 Å². The third-order valence-corrected chi connectivity index (χ3v) is 3.09. The van der Waals surface area contributed by atoms with Gasteiger partial charge in [-0.25, -0.2) is 9.07 Å². The number of halogens is 1. The van der Waals surface area contributed by atoms with Crippen molar-refractivity contribution in [3.63, 3.8) is 0 Å². The molecule has 0 bridgehead atoms. The summed E-state index contributed by atoms with van der Waals surface area (Å²) in [6.07, 6.45) is 1.45. The molecule has 0 spiro atoms. The maximum atomic E-state index is 13.7. The largest absolute Gasteiger partial charge is 0.480 e. The summed E-state index contributed by atoms with van der Waals surface area (Å²) in [5.74, 6) is -2.17. The molecule has 1 aromatic heterocycles. The number of carbonyl (C=O) groups excluding carboxylic acids is 1. The van der Waals surface area contributed by atoms with E-state index in [2.05, 4.69) is 5.10 Å². The van der Waals surface area contributed by atoms with Gasteiger partial charge in [0.2, 0.25) is 0 Å². The Morgan fingerprint density at radius 1 is 1.35 bits per heavy atom. The summed E-state index contributed by atoms with van der Waals surface area (Å²) in [5.41, 5.74) is 0.235. The van der Waals surface area contributed by atoms with Gasteiger partial charge in [-0.2, -0.15) is 5.10 Å². The quantitative estimate of drug-likeness (QED) is 0.828. The van der Waals surface area contributed by atoms with Gasteiger partial charge in [0.25, 0.3) is 5.91 Å². The van der Waals surface area contributed by atoms with E-state index in [1.54, 1.807) is 12.1 Å². The number of para-hydroxylation sites is 1. The average molecular weight is 321 g/mol. The zero-order valence-corrected chi connectivity index (χ0v) is 12.5. The summed E-state index contributed by atoms with van der Waals surface area (Å²) in [6, 6.07) is 7.42. The lowest BCUT2D eigenvalue weighted by atomic mass is 10.3. The van der Waals surface area contributed by atoms with E-state index >= 15 is 0 Å². The molecule has 23 heavy (non-hydrogen) atoms. The Bertz CT molecular complexity index is 702. The van der Waals surface area contributed by atoms with Crippen LogP contribution in [0.15, 0.2) is 36.5 Å². The summed E-state index contributed by atoms with van der Waals surface area (Å²) in [7, 11) is 1.45. The van der Waals surface area contributed by atoms with Crippen LogP contribution in [-0.4, -0.2) is 58.5 Å². The van der Waals surface area contributed by atoms with Crippen molar-refractivity contribution in [3.8, 4) is 5.69 Å².